The topological polar surface area (TPSA) is 46.3 Å². The Morgan fingerprint density at radius 2 is 2.19 bits per heavy atom. The van der Waals surface area contributed by atoms with Gasteiger partial charge in [-0.1, -0.05) is 18.2 Å². The van der Waals surface area contributed by atoms with Gasteiger partial charge in [0.25, 0.3) is 0 Å². The predicted octanol–water partition coefficient (Wildman–Crippen LogP) is 1.70. The molecule has 1 amide bonds. The zero-order chi connectivity index (χ0) is 12.3. The van der Waals surface area contributed by atoms with Crippen LogP contribution in [0.15, 0.2) is 24.8 Å². The molecule has 2 N–H and O–H groups in total. The number of nitrogens with two attached hydrogens (primary N) is 1. The van der Waals surface area contributed by atoms with Crippen molar-refractivity contribution >= 4 is 5.91 Å². The Kier molecular flexibility index (Phi) is 3.92. The molecule has 1 aliphatic carbocycles. The van der Waals surface area contributed by atoms with Gasteiger partial charge in [0.2, 0.25) is 5.91 Å². The number of amides is 1. The fraction of sp³-hybridized carbons (Fsp3) is 0.615. The lowest BCUT2D eigenvalue weighted by atomic mass is 10.00. The molecule has 90 valence electrons. The van der Waals surface area contributed by atoms with E-state index in [9.17, 15) is 4.79 Å². The highest BCUT2D eigenvalue weighted by molar-refractivity contribution is 5.82. The van der Waals surface area contributed by atoms with Gasteiger partial charge in [0.15, 0.2) is 0 Å². The maximum Gasteiger partial charge on any atom is 0.230 e. The second kappa shape index (κ2) is 4.83. The van der Waals surface area contributed by atoms with Gasteiger partial charge in [-0.15, -0.1) is 6.58 Å². The average Bonchev–Trinajstić information content (AvgIpc) is 2.58. The normalized spacial score (nSPS) is 24.5. The SMILES string of the molecule is C=CCN(C(=O)C1C=CC(N)C1)C(C)(C)C. The van der Waals surface area contributed by atoms with Gasteiger partial charge in [-0.3, -0.25) is 4.79 Å². The van der Waals surface area contributed by atoms with Crippen molar-refractivity contribution in [2.75, 3.05) is 6.54 Å². The van der Waals surface area contributed by atoms with Crippen LogP contribution in [0.3, 0.4) is 0 Å². The highest BCUT2D eigenvalue weighted by Crippen LogP contribution is 2.23. The number of hydrogen-bond acceptors (Lipinski definition) is 2. The molecule has 0 radical (unpaired) electrons. The standard InChI is InChI=1S/C13H22N2O/c1-5-8-15(13(2,3)4)12(16)10-6-7-11(14)9-10/h5-7,10-11H,1,8-9,14H2,2-4H3. The average molecular weight is 222 g/mol. The minimum Gasteiger partial charge on any atom is -0.334 e. The van der Waals surface area contributed by atoms with Gasteiger partial charge < -0.3 is 10.6 Å². The molecule has 1 rings (SSSR count). The third-order valence-corrected chi connectivity index (χ3v) is 2.82. The molecule has 2 atom stereocenters. The molecular formula is C13H22N2O. The zero-order valence-corrected chi connectivity index (χ0v) is 10.4. The molecule has 0 heterocycles. The third-order valence-electron chi connectivity index (χ3n) is 2.82. The van der Waals surface area contributed by atoms with Crippen molar-refractivity contribution in [3.8, 4) is 0 Å². The van der Waals surface area contributed by atoms with Crippen LogP contribution in [0.5, 0.6) is 0 Å². The van der Waals surface area contributed by atoms with Gasteiger partial charge >= 0.3 is 0 Å². The van der Waals surface area contributed by atoms with Crippen LogP contribution in [-0.4, -0.2) is 28.9 Å². The minimum atomic E-state index is -0.175. The van der Waals surface area contributed by atoms with E-state index in [1.54, 1.807) is 6.08 Å². The van der Waals surface area contributed by atoms with Gasteiger partial charge in [-0.25, -0.2) is 0 Å². The Labute approximate surface area is 98.0 Å². The van der Waals surface area contributed by atoms with Crippen LogP contribution < -0.4 is 5.73 Å². The van der Waals surface area contributed by atoms with Crippen molar-refractivity contribution in [2.24, 2.45) is 11.7 Å². The lowest BCUT2D eigenvalue weighted by Gasteiger charge is -2.36. The summed E-state index contributed by atoms with van der Waals surface area (Å²) >= 11 is 0. The third kappa shape index (κ3) is 2.95. The first-order valence-corrected chi connectivity index (χ1v) is 5.72. The van der Waals surface area contributed by atoms with Crippen LogP contribution in [0, 0.1) is 5.92 Å². The summed E-state index contributed by atoms with van der Waals surface area (Å²) in [4.78, 5) is 14.2. The molecule has 0 saturated heterocycles. The number of carbonyl (C=O) groups is 1. The Morgan fingerprint density at radius 1 is 1.56 bits per heavy atom. The van der Waals surface area contributed by atoms with Crippen molar-refractivity contribution < 1.29 is 4.79 Å². The van der Waals surface area contributed by atoms with Gasteiger partial charge in [-0.2, -0.15) is 0 Å². The van der Waals surface area contributed by atoms with Crippen molar-refractivity contribution in [3.05, 3.63) is 24.8 Å². The van der Waals surface area contributed by atoms with Crippen LogP contribution in [0.2, 0.25) is 0 Å². The summed E-state index contributed by atoms with van der Waals surface area (Å²) in [7, 11) is 0. The van der Waals surface area contributed by atoms with E-state index in [1.807, 2.05) is 37.8 Å². The van der Waals surface area contributed by atoms with Gasteiger partial charge in [0.1, 0.15) is 0 Å². The van der Waals surface area contributed by atoms with Crippen molar-refractivity contribution in [2.45, 2.75) is 38.8 Å². The largest absolute Gasteiger partial charge is 0.334 e. The second-order valence-corrected chi connectivity index (χ2v) is 5.30. The Hall–Kier alpha value is -1.09. The summed E-state index contributed by atoms with van der Waals surface area (Å²) in [6.07, 6.45) is 6.33. The Morgan fingerprint density at radius 3 is 2.56 bits per heavy atom. The summed E-state index contributed by atoms with van der Waals surface area (Å²) in [5, 5.41) is 0. The van der Waals surface area contributed by atoms with E-state index in [2.05, 4.69) is 6.58 Å². The lowest BCUT2D eigenvalue weighted by Crippen LogP contribution is -2.48. The molecule has 0 aromatic rings. The molecule has 0 spiro atoms. The van der Waals surface area contributed by atoms with E-state index in [0.717, 1.165) is 6.42 Å². The number of nitrogens with zero attached hydrogens (tertiary/aromatic N) is 1. The first-order chi connectivity index (χ1) is 7.36. The highest BCUT2D eigenvalue weighted by Gasteiger charge is 2.32. The molecule has 0 saturated carbocycles. The molecule has 0 aliphatic heterocycles. The quantitative estimate of drug-likeness (QED) is 0.739. The monoisotopic (exact) mass is 222 g/mol. The van der Waals surface area contributed by atoms with E-state index in [1.165, 1.54) is 0 Å². The van der Waals surface area contributed by atoms with E-state index in [-0.39, 0.29) is 23.4 Å². The molecule has 0 aromatic heterocycles. The van der Waals surface area contributed by atoms with Crippen molar-refractivity contribution in [1.29, 1.82) is 0 Å². The predicted molar refractivity (Wildman–Crippen MR) is 66.9 cm³/mol. The maximum atomic E-state index is 12.3. The van der Waals surface area contributed by atoms with Crippen LogP contribution in [0.1, 0.15) is 27.2 Å². The number of rotatable bonds is 3. The minimum absolute atomic E-state index is 0.0273. The molecule has 16 heavy (non-hydrogen) atoms. The summed E-state index contributed by atoms with van der Waals surface area (Å²) in [6.45, 7) is 10.4. The summed E-state index contributed by atoms with van der Waals surface area (Å²) in [5.74, 6) is 0.0887. The molecule has 3 nitrogen and oxygen atoms in total. The van der Waals surface area contributed by atoms with E-state index in [0.29, 0.717) is 6.54 Å². The first kappa shape index (κ1) is 13.0. The van der Waals surface area contributed by atoms with Gasteiger partial charge in [0, 0.05) is 18.1 Å². The van der Waals surface area contributed by atoms with Crippen LogP contribution >= 0.6 is 0 Å². The van der Waals surface area contributed by atoms with E-state index >= 15 is 0 Å². The van der Waals surface area contributed by atoms with E-state index < -0.39 is 0 Å². The molecule has 0 bridgehead atoms. The molecule has 1 aliphatic rings. The summed E-state index contributed by atoms with van der Waals surface area (Å²) in [5.41, 5.74) is 5.59. The van der Waals surface area contributed by atoms with Crippen LogP contribution in [0.25, 0.3) is 0 Å². The Bertz CT molecular complexity index is 302. The van der Waals surface area contributed by atoms with E-state index in [4.69, 9.17) is 5.73 Å². The van der Waals surface area contributed by atoms with Crippen molar-refractivity contribution in [1.82, 2.24) is 4.90 Å². The van der Waals surface area contributed by atoms with Crippen LogP contribution in [0.4, 0.5) is 0 Å². The fourth-order valence-corrected chi connectivity index (χ4v) is 1.93. The molecule has 3 heteroatoms. The fourth-order valence-electron chi connectivity index (χ4n) is 1.93. The maximum absolute atomic E-state index is 12.3. The number of hydrogen-bond donors (Lipinski definition) is 1. The number of carbonyl (C=O) groups excluding carboxylic acids is 1. The molecule has 2 unspecified atom stereocenters. The Balaban J connectivity index is 2.76. The molecule has 0 fully saturated rings. The highest BCUT2D eigenvalue weighted by atomic mass is 16.2. The van der Waals surface area contributed by atoms with Gasteiger partial charge in [0.05, 0.1) is 5.92 Å². The lowest BCUT2D eigenvalue weighted by molar-refractivity contribution is -0.138. The smallest absolute Gasteiger partial charge is 0.230 e. The second-order valence-electron chi connectivity index (χ2n) is 5.30. The molecular weight excluding hydrogens is 200 g/mol. The first-order valence-electron chi connectivity index (χ1n) is 5.72. The van der Waals surface area contributed by atoms with Crippen LogP contribution in [-0.2, 0) is 4.79 Å². The van der Waals surface area contributed by atoms with Gasteiger partial charge in [-0.05, 0) is 27.2 Å². The summed E-state index contributed by atoms with van der Waals surface area (Å²) in [6, 6.07) is 0.0273. The van der Waals surface area contributed by atoms with Crippen molar-refractivity contribution in [3.63, 3.8) is 0 Å². The summed E-state index contributed by atoms with van der Waals surface area (Å²) < 4.78 is 0. The zero-order valence-electron chi connectivity index (χ0n) is 10.4. The molecule has 0 aromatic carbocycles.